The van der Waals surface area contributed by atoms with Gasteiger partial charge in [0, 0.05) is 0 Å². The molecule has 6 nitrogen and oxygen atoms in total. The van der Waals surface area contributed by atoms with E-state index < -0.39 is 30.0 Å². The minimum atomic E-state index is -1.22. The van der Waals surface area contributed by atoms with Crippen LogP contribution in [0.3, 0.4) is 0 Å². The van der Waals surface area contributed by atoms with Gasteiger partial charge in [0.15, 0.2) is 0 Å². The first-order valence-corrected chi connectivity index (χ1v) is 8.35. The molecule has 1 atom stereocenters. The van der Waals surface area contributed by atoms with E-state index in [0.29, 0.717) is 5.56 Å². The molecular formula is C19H17ClN2O4. The van der Waals surface area contributed by atoms with Gasteiger partial charge in [0.05, 0.1) is 5.02 Å². The Bertz CT molecular complexity index is 884. The number of esters is 1. The van der Waals surface area contributed by atoms with E-state index in [1.165, 1.54) is 0 Å². The minimum absolute atomic E-state index is 0.189. The number of hydrogen-bond acceptors (Lipinski definition) is 4. The van der Waals surface area contributed by atoms with Crippen molar-refractivity contribution < 1.29 is 19.1 Å². The van der Waals surface area contributed by atoms with E-state index in [4.69, 9.17) is 16.3 Å². The first kappa shape index (κ1) is 17.9. The van der Waals surface area contributed by atoms with Gasteiger partial charge in [-0.2, -0.15) is 0 Å². The fourth-order valence-corrected chi connectivity index (χ4v) is 2.94. The van der Waals surface area contributed by atoms with Crippen LogP contribution in [0, 0.1) is 6.92 Å². The molecule has 0 aromatic heterocycles. The van der Waals surface area contributed by atoms with E-state index >= 15 is 0 Å². The Kier molecular flexibility index (Phi) is 4.70. The zero-order chi connectivity index (χ0) is 18.9. The van der Waals surface area contributed by atoms with Gasteiger partial charge in [0.2, 0.25) is 0 Å². The van der Waals surface area contributed by atoms with Gasteiger partial charge in [-0.05, 0) is 37.1 Å². The summed E-state index contributed by atoms with van der Waals surface area (Å²) >= 11 is 6.00. The van der Waals surface area contributed by atoms with Crippen LogP contribution in [-0.4, -0.2) is 29.4 Å². The number of urea groups is 1. The van der Waals surface area contributed by atoms with Gasteiger partial charge in [-0.1, -0.05) is 48.0 Å². The molecule has 26 heavy (non-hydrogen) atoms. The maximum absolute atomic E-state index is 12.8. The molecular weight excluding hydrogens is 356 g/mol. The van der Waals surface area contributed by atoms with E-state index in [1.807, 2.05) is 13.0 Å². The molecule has 2 aromatic carbocycles. The molecule has 1 heterocycles. The van der Waals surface area contributed by atoms with E-state index in [-0.39, 0.29) is 10.8 Å². The number of carbonyl (C=O) groups excluding carboxylic acids is 3. The lowest BCUT2D eigenvalue weighted by molar-refractivity contribution is -0.140. The number of ether oxygens (including phenoxy) is 1. The summed E-state index contributed by atoms with van der Waals surface area (Å²) in [6, 6.07) is 13.2. The number of rotatable bonds is 4. The number of hydrogen-bond donors (Lipinski definition) is 1. The van der Waals surface area contributed by atoms with Crippen molar-refractivity contribution in [2.24, 2.45) is 0 Å². The zero-order valence-electron chi connectivity index (χ0n) is 14.3. The topological polar surface area (TPSA) is 75.7 Å². The number of benzene rings is 2. The van der Waals surface area contributed by atoms with Crippen LogP contribution in [-0.2, 0) is 15.1 Å². The standard InChI is InChI=1S/C19H17ClN2O4/c1-12-8-9-14(20)15(10-12)26-16(23)11-22-17(24)19(2,21-18(22)25)13-6-4-3-5-7-13/h3-10H,11H2,1-2H3,(H,21,25). The lowest BCUT2D eigenvalue weighted by Crippen LogP contribution is -2.41. The third-order valence-electron chi connectivity index (χ3n) is 4.22. The van der Waals surface area contributed by atoms with Gasteiger partial charge in [-0.25, -0.2) is 9.59 Å². The van der Waals surface area contributed by atoms with Crippen molar-refractivity contribution in [3.8, 4) is 5.75 Å². The summed E-state index contributed by atoms with van der Waals surface area (Å²) in [5, 5.41) is 2.91. The number of nitrogens with zero attached hydrogens (tertiary/aromatic N) is 1. The average Bonchev–Trinajstić information content (AvgIpc) is 2.83. The summed E-state index contributed by atoms with van der Waals surface area (Å²) in [4.78, 5) is 38.1. The van der Waals surface area contributed by atoms with Gasteiger partial charge in [0.1, 0.15) is 17.8 Å². The maximum Gasteiger partial charge on any atom is 0.331 e. The van der Waals surface area contributed by atoms with Crippen molar-refractivity contribution in [1.29, 1.82) is 0 Å². The van der Waals surface area contributed by atoms with Crippen molar-refractivity contribution in [2.45, 2.75) is 19.4 Å². The molecule has 3 amide bonds. The predicted molar refractivity (Wildman–Crippen MR) is 95.9 cm³/mol. The number of amides is 3. The highest BCUT2D eigenvalue weighted by molar-refractivity contribution is 6.32. The predicted octanol–water partition coefficient (Wildman–Crippen LogP) is 3.02. The fourth-order valence-electron chi connectivity index (χ4n) is 2.78. The molecule has 0 spiro atoms. The monoisotopic (exact) mass is 372 g/mol. The van der Waals surface area contributed by atoms with Crippen molar-refractivity contribution in [3.63, 3.8) is 0 Å². The summed E-state index contributed by atoms with van der Waals surface area (Å²) in [6.45, 7) is 2.93. The normalized spacial score (nSPS) is 19.4. The maximum atomic E-state index is 12.8. The molecule has 1 saturated heterocycles. The quantitative estimate of drug-likeness (QED) is 0.508. The second-order valence-electron chi connectivity index (χ2n) is 6.22. The van der Waals surface area contributed by atoms with E-state index in [9.17, 15) is 14.4 Å². The Morgan fingerprint density at radius 3 is 2.58 bits per heavy atom. The number of aryl methyl sites for hydroxylation is 1. The first-order valence-electron chi connectivity index (χ1n) is 7.98. The Morgan fingerprint density at radius 2 is 1.88 bits per heavy atom. The molecule has 1 aliphatic rings. The molecule has 0 radical (unpaired) electrons. The number of halogens is 1. The SMILES string of the molecule is Cc1ccc(Cl)c(OC(=O)CN2C(=O)NC(C)(c3ccccc3)C2=O)c1. The van der Waals surface area contributed by atoms with Crippen LogP contribution in [0.2, 0.25) is 5.02 Å². The Morgan fingerprint density at radius 1 is 1.19 bits per heavy atom. The molecule has 1 N–H and O–H groups in total. The van der Waals surface area contributed by atoms with Gasteiger partial charge < -0.3 is 10.1 Å². The van der Waals surface area contributed by atoms with E-state index in [0.717, 1.165) is 10.5 Å². The van der Waals surface area contributed by atoms with Crippen molar-refractivity contribution >= 4 is 29.5 Å². The van der Waals surface area contributed by atoms with Gasteiger partial charge >= 0.3 is 12.0 Å². The fraction of sp³-hybridized carbons (Fsp3) is 0.211. The second kappa shape index (κ2) is 6.80. The van der Waals surface area contributed by atoms with Crippen molar-refractivity contribution in [1.82, 2.24) is 10.2 Å². The summed E-state index contributed by atoms with van der Waals surface area (Å²) in [5.74, 6) is -1.08. The molecule has 1 unspecified atom stereocenters. The highest BCUT2D eigenvalue weighted by atomic mass is 35.5. The lowest BCUT2D eigenvalue weighted by atomic mass is 9.92. The van der Waals surface area contributed by atoms with Crippen LogP contribution in [0.15, 0.2) is 48.5 Å². The van der Waals surface area contributed by atoms with Crippen molar-refractivity contribution in [3.05, 3.63) is 64.7 Å². The highest BCUT2D eigenvalue weighted by Gasteiger charge is 2.49. The largest absolute Gasteiger partial charge is 0.424 e. The van der Waals surface area contributed by atoms with Crippen LogP contribution >= 0.6 is 11.6 Å². The third-order valence-corrected chi connectivity index (χ3v) is 4.54. The Hall–Kier alpha value is -2.86. The van der Waals surface area contributed by atoms with Crippen LogP contribution in [0.1, 0.15) is 18.1 Å². The summed E-state index contributed by atoms with van der Waals surface area (Å²) in [6.07, 6.45) is 0. The molecule has 1 aliphatic heterocycles. The molecule has 0 aliphatic carbocycles. The van der Waals surface area contributed by atoms with Crippen molar-refractivity contribution in [2.75, 3.05) is 6.54 Å². The van der Waals surface area contributed by atoms with Gasteiger partial charge in [-0.15, -0.1) is 0 Å². The summed E-state index contributed by atoms with van der Waals surface area (Å²) in [7, 11) is 0. The Labute approximate surface area is 155 Å². The number of carbonyl (C=O) groups is 3. The summed E-state index contributed by atoms with van der Waals surface area (Å²) < 4.78 is 5.21. The van der Waals surface area contributed by atoms with Gasteiger partial charge in [-0.3, -0.25) is 9.69 Å². The Balaban J connectivity index is 1.76. The third kappa shape index (κ3) is 3.28. The summed E-state index contributed by atoms with van der Waals surface area (Å²) in [5.41, 5.74) is 0.277. The lowest BCUT2D eigenvalue weighted by Gasteiger charge is -2.21. The zero-order valence-corrected chi connectivity index (χ0v) is 15.0. The minimum Gasteiger partial charge on any atom is -0.424 e. The molecule has 2 aromatic rings. The van der Waals surface area contributed by atoms with Crippen LogP contribution < -0.4 is 10.1 Å². The van der Waals surface area contributed by atoms with Gasteiger partial charge in [0.25, 0.3) is 5.91 Å². The van der Waals surface area contributed by atoms with E-state index in [2.05, 4.69) is 5.32 Å². The number of nitrogens with one attached hydrogen (secondary N) is 1. The molecule has 1 fully saturated rings. The molecule has 0 saturated carbocycles. The molecule has 134 valence electrons. The van der Waals surface area contributed by atoms with Crippen LogP contribution in [0.25, 0.3) is 0 Å². The van der Waals surface area contributed by atoms with E-state index in [1.54, 1.807) is 49.4 Å². The van der Waals surface area contributed by atoms with Crippen LogP contribution in [0.4, 0.5) is 4.79 Å². The average molecular weight is 373 g/mol. The second-order valence-corrected chi connectivity index (χ2v) is 6.63. The smallest absolute Gasteiger partial charge is 0.331 e. The first-order chi connectivity index (χ1) is 12.3. The van der Waals surface area contributed by atoms with Crippen LogP contribution in [0.5, 0.6) is 5.75 Å². The molecule has 7 heteroatoms. The highest BCUT2D eigenvalue weighted by Crippen LogP contribution is 2.29. The number of imide groups is 1. The molecule has 3 rings (SSSR count). The molecule has 0 bridgehead atoms.